The van der Waals surface area contributed by atoms with Crippen molar-refractivity contribution in [1.82, 2.24) is 10.6 Å². The van der Waals surface area contributed by atoms with Gasteiger partial charge in [-0.1, -0.05) is 11.6 Å². The fourth-order valence-corrected chi connectivity index (χ4v) is 2.00. The van der Waals surface area contributed by atoms with Crippen molar-refractivity contribution in [2.45, 2.75) is 0 Å². The summed E-state index contributed by atoms with van der Waals surface area (Å²) in [4.78, 5) is 32.9. The van der Waals surface area contributed by atoms with E-state index in [1.54, 1.807) is 18.2 Å². The number of aliphatic carboxylic acids is 1. The van der Waals surface area contributed by atoms with Crippen molar-refractivity contribution in [2.75, 3.05) is 19.7 Å². The predicted octanol–water partition coefficient (Wildman–Crippen LogP) is 0.798. The maximum atomic E-state index is 11.5. The third kappa shape index (κ3) is 6.96. The Labute approximate surface area is 133 Å². The van der Waals surface area contributed by atoms with Crippen LogP contribution in [-0.4, -0.2) is 42.6 Å². The molecule has 9 heteroatoms. The average Bonchev–Trinajstić information content (AvgIpc) is 2.41. The van der Waals surface area contributed by atoms with E-state index in [0.717, 1.165) is 0 Å². The van der Waals surface area contributed by atoms with Crippen LogP contribution < -0.4 is 15.4 Å². The largest absolute Gasteiger partial charge is 0.483 e. The summed E-state index contributed by atoms with van der Waals surface area (Å²) in [6.45, 7) is -1.10. The number of rotatable bonds is 7. The van der Waals surface area contributed by atoms with E-state index in [4.69, 9.17) is 21.4 Å². The molecule has 0 heterocycles. The molecule has 2 amide bonds. The summed E-state index contributed by atoms with van der Waals surface area (Å²) in [5, 5.41) is 13.3. The Balaban J connectivity index is 2.31. The highest BCUT2D eigenvalue weighted by Crippen LogP contribution is 2.27. The van der Waals surface area contributed by atoms with Gasteiger partial charge in [0.15, 0.2) is 6.61 Å². The standard InChI is InChI=1S/C12H12BrClN2O5/c13-8-3-7(14)1-2-9(8)21-6-11(18)15-4-10(17)16-5-12(19)20/h1-3H,4-6H2,(H,15,18)(H,16,17)(H,19,20). The highest BCUT2D eigenvalue weighted by atomic mass is 79.9. The minimum atomic E-state index is -1.16. The third-order valence-electron chi connectivity index (χ3n) is 2.14. The first-order valence-electron chi connectivity index (χ1n) is 5.71. The third-order valence-corrected chi connectivity index (χ3v) is 2.99. The lowest BCUT2D eigenvalue weighted by molar-refractivity contribution is -0.137. The molecule has 0 aromatic heterocycles. The van der Waals surface area contributed by atoms with E-state index in [-0.39, 0.29) is 13.2 Å². The first-order chi connectivity index (χ1) is 9.88. The molecular weight excluding hydrogens is 367 g/mol. The Kier molecular flexibility index (Phi) is 6.97. The van der Waals surface area contributed by atoms with Gasteiger partial charge in [-0.3, -0.25) is 14.4 Å². The molecule has 0 saturated carbocycles. The van der Waals surface area contributed by atoms with Gasteiger partial charge in [0.05, 0.1) is 11.0 Å². The molecule has 1 rings (SSSR count). The van der Waals surface area contributed by atoms with Gasteiger partial charge in [-0.25, -0.2) is 0 Å². The van der Waals surface area contributed by atoms with Crippen molar-refractivity contribution in [2.24, 2.45) is 0 Å². The highest BCUT2D eigenvalue weighted by molar-refractivity contribution is 9.10. The van der Waals surface area contributed by atoms with Crippen LogP contribution in [0.4, 0.5) is 0 Å². The summed E-state index contributed by atoms with van der Waals surface area (Å²) in [5.74, 6) is -1.84. The van der Waals surface area contributed by atoms with Crippen LogP contribution in [-0.2, 0) is 14.4 Å². The molecule has 1 aromatic carbocycles. The second-order valence-electron chi connectivity index (χ2n) is 3.81. The number of carbonyl (C=O) groups excluding carboxylic acids is 2. The van der Waals surface area contributed by atoms with E-state index in [2.05, 4.69) is 26.6 Å². The minimum Gasteiger partial charge on any atom is -0.483 e. The summed E-state index contributed by atoms with van der Waals surface area (Å²) >= 11 is 9.00. The Morgan fingerprint density at radius 3 is 2.48 bits per heavy atom. The molecule has 0 aliphatic carbocycles. The topological polar surface area (TPSA) is 105 Å². The second kappa shape index (κ2) is 8.48. The predicted molar refractivity (Wildman–Crippen MR) is 78.3 cm³/mol. The van der Waals surface area contributed by atoms with E-state index in [9.17, 15) is 14.4 Å². The van der Waals surface area contributed by atoms with Crippen LogP contribution in [0.15, 0.2) is 22.7 Å². The zero-order valence-corrected chi connectivity index (χ0v) is 13.0. The monoisotopic (exact) mass is 378 g/mol. The lowest BCUT2D eigenvalue weighted by Crippen LogP contribution is -2.40. The van der Waals surface area contributed by atoms with E-state index in [1.165, 1.54) is 0 Å². The zero-order chi connectivity index (χ0) is 15.8. The fourth-order valence-electron chi connectivity index (χ4n) is 1.20. The van der Waals surface area contributed by atoms with Gasteiger partial charge in [0.2, 0.25) is 5.91 Å². The molecule has 21 heavy (non-hydrogen) atoms. The molecule has 0 aliphatic heterocycles. The summed E-state index contributed by atoms with van der Waals surface area (Å²) < 4.78 is 5.84. The van der Waals surface area contributed by atoms with E-state index >= 15 is 0 Å². The van der Waals surface area contributed by atoms with Crippen molar-refractivity contribution in [3.05, 3.63) is 27.7 Å². The molecule has 0 saturated heterocycles. The van der Waals surface area contributed by atoms with Crippen molar-refractivity contribution >= 4 is 45.3 Å². The number of hydrogen-bond acceptors (Lipinski definition) is 4. The summed E-state index contributed by atoms with van der Waals surface area (Å²) in [6.07, 6.45) is 0. The van der Waals surface area contributed by atoms with Crippen molar-refractivity contribution in [1.29, 1.82) is 0 Å². The van der Waals surface area contributed by atoms with Crippen LogP contribution in [0.5, 0.6) is 5.75 Å². The van der Waals surface area contributed by atoms with Gasteiger partial charge < -0.3 is 20.5 Å². The molecule has 0 radical (unpaired) electrons. The molecule has 0 spiro atoms. The van der Waals surface area contributed by atoms with E-state index in [0.29, 0.717) is 15.2 Å². The van der Waals surface area contributed by atoms with Crippen molar-refractivity contribution in [3.8, 4) is 5.75 Å². The number of benzene rings is 1. The minimum absolute atomic E-state index is 0.285. The Morgan fingerprint density at radius 2 is 1.86 bits per heavy atom. The van der Waals surface area contributed by atoms with Crippen LogP contribution >= 0.6 is 27.5 Å². The zero-order valence-electron chi connectivity index (χ0n) is 10.7. The number of amides is 2. The summed E-state index contributed by atoms with van der Waals surface area (Å²) in [6, 6.07) is 4.83. The van der Waals surface area contributed by atoms with Gasteiger partial charge in [0.25, 0.3) is 5.91 Å². The van der Waals surface area contributed by atoms with Crippen LogP contribution in [0.3, 0.4) is 0 Å². The number of hydrogen-bond donors (Lipinski definition) is 3. The Bertz CT molecular complexity index is 552. The molecule has 0 unspecified atom stereocenters. The van der Waals surface area contributed by atoms with Crippen molar-refractivity contribution < 1.29 is 24.2 Å². The summed E-state index contributed by atoms with van der Waals surface area (Å²) in [7, 11) is 0. The molecule has 0 aliphatic rings. The molecule has 0 fully saturated rings. The van der Waals surface area contributed by atoms with Crippen molar-refractivity contribution in [3.63, 3.8) is 0 Å². The van der Waals surface area contributed by atoms with Gasteiger partial charge in [0, 0.05) is 5.02 Å². The van der Waals surface area contributed by atoms with Gasteiger partial charge in [-0.15, -0.1) is 0 Å². The molecule has 114 valence electrons. The number of nitrogens with one attached hydrogen (secondary N) is 2. The molecule has 0 bridgehead atoms. The normalized spacial score (nSPS) is 9.81. The Hall–Kier alpha value is -1.80. The average molecular weight is 380 g/mol. The highest BCUT2D eigenvalue weighted by Gasteiger charge is 2.08. The quantitative estimate of drug-likeness (QED) is 0.650. The number of carboxylic acid groups (broad SMARTS) is 1. The van der Waals surface area contributed by atoms with Crippen LogP contribution in [0.1, 0.15) is 0 Å². The first-order valence-corrected chi connectivity index (χ1v) is 6.88. The molecule has 7 nitrogen and oxygen atoms in total. The second-order valence-corrected chi connectivity index (χ2v) is 5.10. The number of halogens is 2. The lowest BCUT2D eigenvalue weighted by atomic mass is 10.3. The maximum absolute atomic E-state index is 11.5. The smallest absolute Gasteiger partial charge is 0.322 e. The molecule has 1 aromatic rings. The van der Waals surface area contributed by atoms with Gasteiger partial charge in [0.1, 0.15) is 12.3 Å². The number of ether oxygens (including phenoxy) is 1. The summed E-state index contributed by atoms with van der Waals surface area (Å²) in [5.41, 5.74) is 0. The van der Waals surface area contributed by atoms with Gasteiger partial charge in [-0.05, 0) is 34.1 Å². The first kappa shape index (κ1) is 17.3. The van der Waals surface area contributed by atoms with Crippen LogP contribution in [0.2, 0.25) is 5.02 Å². The number of carbonyl (C=O) groups is 3. The van der Waals surface area contributed by atoms with E-state index < -0.39 is 24.3 Å². The lowest BCUT2D eigenvalue weighted by Gasteiger charge is -2.09. The van der Waals surface area contributed by atoms with Gasteiger partial charge in [-0.2, -0.15) is 0 Å². The van der Waals surface area contributed by atoms with Gasteiger partial charge >= 0.3 is 5.97 Å². The Morgan fingerprint density at radius 1 is 1.19 bits per heavy atom. The van der Waals surface area contributed by atoms with E-state index in [1.807, 2.05) is 0 Å². The molecular formula is C12H12BrClN2O5. The molecule has 0 atom stereocenters. The SMILES string of the molecule is O=C(O)CNC(=O)CNC(=O)COc1ccc(Cl)cc1Br. The number of carboxylic acids is 1. The fraction of sp³-hybridized carbons (Fsp3) is 0.250. The van der Waals surface area contributed by atoms with Crippen LogP contribution in [0.25, 0.3) is 0 Å². The molecule has 3 N–H and O–H groups in total. The van der Waals surface area contributed by atoms with Crippen LogP contribution in [0, 0.1) is 0 Å². The maximum Gasteiger partial charge on any atom is 0.322 e.